The lowest BCUT2D eigenvalue weighted by Gasteiger charge is -1.99. The van der Waals surface area contributed by atoms with Gasteiger partial charge < -0.3 is 0 Å². The minimum atomic E-state index is -2.42. The summed E-state index contributed by atoms with van der Waals surface area (Å²) < 4.78 is 24.5. The van der Waals surface area contributed by atoms with E-state index < -0.39 is 6.43 Å². The third kappa shape index (κ3) is 4.57. The first kappa shape index (κ1) is 12.9. The van der Waals surface area contributed by atoms with Crippen LogP contribution < -0.4 is 0 Å². The van der Waals surface area contributed by atoms with Crippen molar-refractivity contribution >= 4 is 23.0 Å². The minimum Gasteiger partial charge on any atom is -0.288 e. The van der Waals surface area contributed by atoms with Crippen molar-refractivity contribution in [2.75, 3.05) is 5.75 Å². The molecule has 0 aromatic heterocycles. The van der Waals surface area contributed by atoms with Gasteiger partial charge in [-0.25, -0.2) is 8.78 Å². The highest BCUT2D eigenvalue weighted by molar-refractivity contribution is 8.13. The summed E-state index contributed by atoms with van der Waals surface area (Å²) in [6, 6.07) is 6.08. The average molecular weight is 242 g/mol. The highest BCUT2D eigenvalue weighted by atomic mass is 32.2. The summed E-state index contributed by atoms with van der Waals surface area (Å²) in [7, 11) is 0. The molecule has 1 nitrogen and oxygen atoms in total. The van der Waals surface area contributed by atoms with E-state index in [0.29, 0.717) is 5.75 Å². The van der Waals surface area contributed by atoms with Crippen LogP contribution in [0.25, 0.3) is 6.08 Å². The molecule has 16 heavy (non-hydrogen) atoms. The monoisotopic (exact) mass is 242 g/mol. The zero-order chi connectivity index (χ0) is 12.0. The molecule has 0 saturated carbocycles. The van der Waals surface area contributed by atoms with Gasteiger partial charge in [0.25, 0.3) is 6.43 Å². The molecular weight excluding hydrogens is 230 g/mol. The lowest BCUT2D eigenvalue weighted by atomic mass is 10.1. The summed E-state index contributed by atoms with van der Waals surface area (Å²) in [6.07, 6.45) is 1.22. The smallest absolute Gasteiger partial charge is 0.263 e. The van der Waals surface area contributed by atoms with E-state index in [9.17, 15) is 13.6 Å². The van der Waals surface area contributed by atoms with Crippen molar-refractivity contribution in [1.82, 2.24) is 0 Å². The lowest BCUT2D eigenvalue weighted by molar-refractivity contribution is -0.109. The maximum Gasteiger partial charge on any atom is 0.263 e. The number of alkyl halides is 2. The molecule has 0 atom stereocenters. The van der Waals surface area contributed by atoms with Crippen LogP contribution in [-0.4, -0.2) is 10.9 Å². The first-order valence-electron chi connectivity index (χ1n) is 4.77. The highest BCUT2D eigenvalue weighted by Crippen LogP contribution is 2.19. The third-order valence-electron chi connectivity index (χ3n) is 1.88. The van der Waals surface area contributed by atoms with Gasteiger partial charge in [-0.3, -0.25) is 4.79 Å². The molecule has 0 amide bonds. The number of thioether (sulfide) groups is 1. The van der Waals surface area contributed by atoms with Crippen molar-refractivity contribution in [3.05, 3.63) is 41.5 Å². The largest absolute Gasteiger partial charge is 0.288 e. The minimum absolute atomic E-state index is 0.0234. The van der Waals surface area contributed by atoms with Crippen molar-refractivity contribution in [1.29, 1.82) is 0 Å². The van der Waals surface area contributed by atoms with Gasteiger partial charge in [-0.1, -0.05) is 48.2 Å². The fourth-order valence-electron chi connectivity index (χ4n) is 1.10. The highest BCUT2D eigenvalue weighted by Gasteiger charge is 2.04. The molecule has 0 radical (unpaired) electrons. The third-order valence-corrected chi connectivity index (χ3v) is 2.65. The summed E-state index contributed by atoms with van der Waals surface area (Å²) in [5, 5.41) is 0.0673. The second kappa shape index (κ2) is 6.43. The predicted molar refractivity (Wildman–Crippen MR) is 63.6 cm³/mol. The van der Waals surface area contributed by atoms with Crippen LogP contribution >= 0.6 is 11.8 Å². The molecule has 0 N–H and O–H groups in total. The number of hydrogen-bond acceptors (Lipinski definition) is 2. The number of benzene rings is 1. The molecule has 1 aromatic rings. The van der Waals surface area contributed by atoms with Gasteiger partial charge in [-0.2, -0.15) is 0 Å². The van der Waals surface area contributed by atoms with Crippen LogP contribution in [0.15, 0.2) is 30.3 Å². The van der Waals surface area contributed by atoms with Gasteiger partial charge in [0.15, 0.2) is 5.12 Å². The zero-order valence-corrected chi connectivity index (χ0v) is 9.64. The molecule has 1 aromatic carbocycles. The predicted octanol–water partition coefficient (Wildman–Crippen LogP) is 3.92. The van der Waals surface area contributed by atoms with Crippen LogP contribution in [0.5, 0.6) is 0 Å². The van der Waals surface area contributed by atoms with Crippen LogP contribution in [0.2, 0.25) is 0 Å². The Balaban J connectivity index is 2.51. The molecule has 0 spiro atoms. The fourth-order valence-corrected chi connectivity index (χ4v) is 1.53. The number of carbonyl (C=O) groups is 1. The van der Waals surface area contributed by atoms with Crippen molar-refractivity contribution < 1.29 is 13.6 Å². The summed E-state index contributed by atoms with van der Waals surface area (Å²) in [4.78, 5) is 10.6. The molecule has 0 aliphatic carbocycles. The summed E-state index contributed by atoms with van der Waals surface area (Å²) >= 11 is 1.21. The Bertz CT molecular complexity index is 371. The molecule has 86 valence electrons. The summed E-state index contributed by atoms with van der Waals surface area (Å²) in [6.45, 7) is 1.51. The molecule has 0 bridgehead atoms. The first-order valence-corrected chi connectivity index (χ1v) is 5.76. The molecule has 0 heterocycles. The van der Waals surface area contributed by atoms with Gasteiger partial charge in [0.1, 0.15) is 0 Å². The molecule has 0 aliphatic heterocycles. The van der Waals surface area contributed by atoms with E-state index >= 15 is 0 Å². The summed E-state index contributed by atoms with van der Waals surface area (Å²) in [5.74, 6) is 0.603. The lowest BCUT2D eigenvalue weighted by Crippen LogP contribution is -1.84. The Labute approximate surface area is 97.5 Å². The van der Waals surface area contributed by atoms with Crippen LogP contribution in [-0.2, 0) is 4.79 Å². The van der Waals surface area contributed by atoms with Gasteiger partial charge in [0, 0.05) is 18.2 Å². The molecule has 0 unspecified atom stereocenters. The van der Waals surface area contributed by atoms with E-state index in [-0.39, 0.29) is 10.7 Å². The molecule has 0 aliphatic rings. The molecule has 4 heteroatoms. The quantitative estimate of drug-likeness (QED) is 0.796. The van der Waals surface area contributed by atoms with Crippen molar-refractivity contribution in [2.45, 2.75) is 13.3 Å². The van der Waals surface area contributed by atoms with Crippen molar-refractivity contribution in [3.63, 3.8) is 0 Å². The zero-order valence-electron chi connectivity index (χ0n) is 8.82. The number of hydrogen-bond donors (Lipinski definition) is 0. The Morgan fingerprint density at radius 3 is 2.50 bits per heavy atom. The Morgan fingerprint density at radius 2 is 2.00 bits per heavy atom. The second-order valence-electron chi connectivity index (χ2n) is 3.17. The number of carbonyl (C=O) groups excluding carboxylic acids is 1. The number of rotatable bonds is 4. The maximum absolute atomic E-state index is 12.2. The fraction of sp³-hybridized carbons (Fsp3) is 0.250. The van der Waals surface area contributed by atoms with Crippen LogP contribution in [0, 0.1) is 0 Å². The van der Waals surface area contributed by atoms with Gasteiger partial charge in [0.05, 0.1) is 0 Å². The van der Waals surface area contributed by atoms with Crippen molar-refractivity contribution in [2.24, 2.45) is 0 Å². The molecular formula is C12H12F2OS. The van der Waals surface area contributed by atoms with E-state index in [1.807, 2.05) is 12.2 Å². The number of halogens is 2. The average Bonchev–Trinajstić information content (AvgIpc) is 2.25. The Kier molecular flexibility index (Phi) is 5.19. The van der Waals surface area contributed by atoms with Crippen LogP contribution in [0.3, 0.4) is 0 Å². The Morgan fingerprint density at radius 1 is 1.38 bits per heavy atom. The van der Waals surface area contributed by atoms with E-state index in [4.69, 9.17) is 0 Å². The van der Waals surface area contributed by atoms with Gasteiger partial charge in [0.2, 0.25) is 0 Å². The standard InChI is InChI=1S/C12H12F2OS/c1-9(15)16-8-2-3-10-4-6-11(7-5-10)12(13)14/h2-7,12H,8H2,1H3. The van der Waals surface area contributed by atoms with Crippen LogP contribution in [0.4, 0.5) is 8.78 Å². The maximum atomic E-state index is 12.2. The van der Waals surface area contributed by atoms with E-state index in [2.05, 4.69) is 0 Å². The molecule has 1 rings (SSSR count). The molecule has 0 fully saturated rings. The normalized spacial score (nSPS) is 11.2. The van der Waals surface area contributed by atoms with Crippen molar-refractivity contribution in [3.8, 4) is 0 Å². The second-order valence-corrected chi connectivity index (χ2v) is 4.37. The topological polar surface area (TPSA) is 17.1 Å². The van der Waals surface area contributed by atoms with Gasteiger partial charge in [-0.15, -0.1) is 0 Å². The van der Waals surface area contributed by atoms with E-state index in [1.54, 1.807) is 12.1 Å². The van der Waals surface area contributed by atoms with Gasteiger partial charge >= 0.3 is 0 Å². The van der Waals surface area contributed by atoms with Crippen LogP contribution in [0.1, 0.15) is 24.5 Å². The first-order chi connectivity index (χ1) is 7.59. The summed E-state index contributed by atoms with van der Waals surface area (Å²) in [5.41, 5.74) is 0.879. The van der Waals surface area contributed by atoms with E-state index in [0.717, 1.165) is 5.56 Å². The van der Waals surface area contributed by atoms with E-state index in [1.165, 1.54) is 30.8 Å². The Hall–Kier alpha value is -1.16. The van der Waals surface area contributed by atoms with Gasteiger partial charge in [-0.05, 0) is 5.56 Å². The SMILES string of the molecule is CC(=O)SCC=Cc1ccc(C(F)F)cc1. The molecule has 0 saturated heterocycles.